The molecule has 0 aromatic heterocycles. The SMILES string of the molecule is CCC(NC)(OC)C(C)(C)C. The summed E-state index contributed by atoms with van der Waals surface area (Å²) < 4.78 is 5.49. The predicted molar refractivity (Wildman–Crippen MR) is 48.5 cm³/mol. The third-order valence-corrected chi connectivity index (χ3v) is 2.46. The normalized spacial score (nSPS) is 18.0. The lowest BCUT2D eigenvalue weighted by atomic mass is 9.81. The summed E-state index contributed by atoms with van der Waals surface area (Å²) in [7, 11) is 3.70. The summed E-state index contributed by atoms with van der Waals surface area (Å²) in [5.74, 6) is 0. The van der Waals surface area contributed by atoms with Crippen molar-refractivity contribution >= 4 is 0 Å². The van der Waals surface area contributed by atoms with Gasteiger partial charge in [0.05, 0.1) is 0 Å². The van der Waals surface area contributed by atoms with Crippen LogP contribution in [0.4, 0.5) is 0 Å². The molecule has 0 spiro atoms. The standard InChI is InChI=1S/C9H21NO/c1-7-9(10-5,11-6)8(2,3)4/h10H,7H2,1-6H3. The second-order valence-corrected chi connectivity index (χ2v) is 3.88. The maximum absolute atomic E-state index is 5.49. The van der Waals surface area contributed by atoms with Crippen LogP contribution in [0.1, 0.15) is 34.1 Å². The Morgan fingerprint density at radius 1 is 1.27 bits per heavy atom. The van der Waals surface area contributed by atoms with E-state index < -0.39 is 0 Å². The average Bonchev–Trinajstić information content (AvgIpc) is 1.90. The molecule has 0 aliphatic rings. The molecule has 0 heterocycles. The summed E-state index contributed by atoms with van der Waals surface area (Å²) in [5.41, 5.74) is -0.0573. The van der Waals surface area contributed by atoms with Crippen molar-refractivity contribution in [2.45, 2.75) is 39.8 Å². The molecular formula is C9H21NO. The van der Waals surface area contributed by atoms with E-state index in [1.807, 2.05) is 7.05 Å². The molecule has 0 fully saturated rings. The van der Waals surface area contributed by atoms with E-state index in [0.717, 1.165) is 6.42 Å². The molecule has 2 heteroatoms. The van der Waals surface area contributed by atoms with Gasteiger partial charge < -0.3 is 4.74 Å². The maximum atomic E-state index is 5.49. The Morgan fingerprint density at radius 3 is 1.73 bits per heavy atom. The zero-order valence-electron chi connectivity index (χ0n) is 8.62. The van der Waals surface area contributed by atoms with Crippen molar-refractivity contribution in [2.75, 3.05) is 14.2 Å². The second kappa shape index (κ2) is 3.55. The van der Waals surface area contributed by atoms with Crippen molar-refractivity contribution in [1.29, 1.82) is 0 Å². The molecule has 68 valence electrons. The summed E-state index contributed by atoms with van der Waals surface area (Å²) in [6, 6.07) is 0. The fourth-order valence-corrected chi connectivity index (χ4v) is 1.63. The van der Waals surface area contributed by atoms with Gasteiger partial charge in [0.2, 0.25) is 0 Å². The van der Waals surface area contributed by atoms with Gasteiger partial charge in [-0.25, -0.2) is 0 Å². The van der Waals surface area contributed by atoms with E-state index in [4.69, 9.17) is 4.74 Å². The zero-order chi connectivity index (χ0) is 9.12. The van der Waals surface area contributed by atoms with E-state index in [1.54, 1.807) is 7.11 Å². The molecule has 0 saturated heterocycles. The highest BCUT2D eigenvalue weighted by atomic mass is 16.5. The Balaban J connectivity index is 4.54. The van der Waals surface area contributed by atoms with Gasteiger partial charge in [-0.1, -0.05) is 27.7 Å². The van der Waals surface area contributed by atoms with E-state index in [2.05, 4.69) is 33.0 Å². The van der Waals surface area contributed by atoms with Crippen molar-refractivity contribution in [1.82, 2.24) is 5.32 Å². The maximum Gasteiger partial charge on any atom is 0.123 e. The highest BCUT2D eigenvalue weighted by Crippen LogP contribution is 2.33. The highest BCUT2D eigenvalue weighted by Gasteiger charge is 2.38. The summed E-state index contributed by atoms with van der Waals surface area (Å²) in [5, 5.41) is 3.23. The molecule has 0 aromatic rings. The first-order chi connectivity index (χ1) is 4.93. The minimum atomic E-state index is -0.187. The monoisotopic (exact) mass is 159 g/mol. The minimum absolute atomic E-state index is 0.130. The van der Waals surface area contributed by atoms with Crippen molar-refractivity contribution in [3.63, 3.8) is 0 Å². The largest absolute Gasteiger partial charge is 0.363 e. The van der Waals surface area contributed by atoms with Gasteiger partial charge in [-0.05, 0) is 13.5 Å². The summed E-state index contributed by atoms with van der Waals surface area (Å²) in [4.78, 5) is 0. The Kier molecular flexibility index (Phi) is 3.52. The fraction of sp³-hybridized carbons (Fsp3) is 1.00. The van der Waals surface area contributed by atoms with Gasteiger partial charge >= 0.3 is 0 Å². The van der Waals surface area contributed by atoms with Gasteiger partial charge in [0.25, 0.3) is 0 Å². The van der Waals surface area contributed by atoms with Crippen LogP contribution in [0.3, 0.4) is 0 Å². The predicted octanol–water partition coefficient (Wildman–Crippen LogP) is 2.00. The number of ether oxygens (including phenoxy) is 1. The average molecular weight is 159 g/mol. The van der Waals surface area contributed by atoms with Crippen molar-refractivity contribution < 1.29 is 4.74 Å². The number of methoxy groups -OCH3 is 1. The third-order valence-electron chi connectivity index (χ3n) is 2.46. The van der Waals surface area contributed by atoms with Gasteiger partial charge in [-0.2, -0.15) is 0 Å². The van der Waals surface area contributed by atoms with Crippen LogP contribution in [0.15, 0.2) is 0 Å². The molecule has 11 heavy (non-hydrogen) atoms. The van der Waals surface area contributed by atoms with Crippen LogP contribution in [0.2, 0.25) is 0 Å². The van der Waals surface area contributed by atoms with E-state index in [1.165, 1.54) is 0 Å². The molecule has 0 radical (unpaired) electrons. The highest BCUT2D eigenvalue weighted by molar-refractivity contribution is 4.87. The Bertz CT molecular complexity index is 103. The lowest BCUT2D eigenvalue weighted by Crippen LogP contribution is -2.54. The van der Waals surface area contributed by atoms with Crippen molar-refractivity contribution in [3.05, 3.63) is 0 Å². The number of hydrogen-bond donors (Lipinski definition) is 1. The molecule has 1 N–H and O–H groups in total. The summed E-state index contributed by atoms with van der Waals surface area (Å²) in [6.07, 6.45) is 0.976. The number of hydrogen-bond acceptors (Lipinski definition) is 2. The first kappa shape index (κ1) is 10.9. The van der Waals surface area contributed by atoms with Gasteiger partial charge in [0.15, 0.2) is 0 Å². The van der Waals surface area contributed by atoms with Gasteiger partial charge in [-0.15, -0.1) is 0 Å². The first-order valence-corrected chi connectivity index (χ1v) is 4.17. The smallest absolute Gasteiger partial charge is 0.123 e. The number of nitrogens with one attached hydrogen (secondary N) is 1. The van der Waals surface area contributed by atoms with E-state index in [9.17, 15) is 0 Å². The van der Waals surface area contributed by atoms with Gasteiger partial charge in [0, 0.05) is 12.5 Å². The third kappa shape index (κ3) is 1.94. The molecule has 0 bridgehead atoms. The molecule has 0 saturated carbocycles. The van der Waals surface area contributed by atoms with E-state index >= 15 is 0 Å². The molecular weight excluding hydrogens is 138 g/mol. The summed E-state index contributed by atoms with van der Waals surface area (Å²) in [6.45, 7) is 8.66. The van der Waals surface area contributed by atoms with E-state index in [0.29, 0.717) is 0 Å². The second-order valence-electron chi connectivity index (χ2n) is 3.88. The molecule has 2 nitrogen and oxygen atoms in total. The summed E-state index contributed by atoms with van der Waals surface area (Å²) >= 11 is 0. The molecule has 1 unspecified atom stereocenters. The Hall–Kier alpha value is -0.0800. The van der Waals surface area contributed by atoms with Crippen LogP contribution in [0.25, 0.3) is 0 Å². The van der Waals surface area contributed by atoms with Crippen LogP contribution < -0.4 is 5.32 Å². The minimum Gasteiger partial charge on any atom is -0.363 e. The van der Waals surface area contributed by atoms with Crippen molar-refractivity contribution in [3.8, 4) is 0 Å². The quantitative estimate of drug-likeness (QED) is 0.636. The lowest BCUT2D eigenvalue weighted by Gasteiger charge is -2.42. The molecule has 0 aliphatic carbocycles. The molecule has 1 atom stereocenters. The van der Waals surface area contributed by atoms with Crippen molar-refractivity contribution in [2.24, 2.45) is 5.41 Å². The van der Waals surface area contributed by atoms with Crippen LogP contribution >= 0.6 is 0 Å². The van der Waals surface area contributed by atoms with E-state index in [-0.39, 0.29) is 11.1 Å². The van der Waals surface area contributed by atoms with Crippen LogP contribution in [0.5, 0.6) is 0 Å². The van der Waals surface area contributed by atoms with Gasteiger partial charge in [0.1, 0.15) is 5.72 Å². The Morgan fingerprint density at radius 2 is 1.73 bits per heavy atom. The Labute approximate surface area is 70.3 Å². The molecule has 0 aliphatic heterocycles. The van der Waals surface area contributed by atoms with Crippen LogP contribution in [0, 0.1) is 5.41 Å². The molecule has 0 amide bonds. The molecule has 0 aromatic carbocycles. The lowest BCUT2D eigenvalue weighted by molar-refractivity contribution is -0.115. The molecule has 0 rings (SSSR count). The zero-order valence-corrected chi connectivity index (χ0v) is 8.62. The fourth-order valence-electron chi connectivity index (χ4n) is 1.63. The number of rotatable bonds is 3. The van der Waals surface area contributed by atoms with Crippen LogP contribution in [-0.4, -0.2) is 19.9 Å². The van der Waals surface area contributed by atoms with Gasteiger partial charge in [-0.3, -0.25) is 5.32 Å². The topological polar surface area (TPSA) is 21.3 Å². The van der Waals surface area contributed by atoms with Crippen LogP contribution in [-0.2, 0) is 4.74 Å². The first-order valence-electron chi connectivity index (χ1n) is 4.17.